The molecule has 2 unspecified atom stereocenters. The molecule has 0 aliphatic carbocycles. The molecule has 0 radical (unpaired) electrons. The van der Waals surface area contributed by atoms with Gasteiger partial charge in [0.25, 0.3) is 5.91 Å². The first-order valence-corrected chi connectivity index (χ1v) is 7.75. The summed E-state index contributed by atoms with van der Waals surface area (Å²) in [7, 11) is 0. The van der Waals surface area contributed by atoms with Crippen molar-refractivity contribution < 1.29 is 23.8 Å². The molecular formula is C16H19FN2O4. The van der Waals surface area contributed by atoms with Gasteiger partial charge in [-0.25, -0.2) is 9.18 Å². The summed E-state index contributed by atoms with van der Waals surface area (Å²) in [4.78, 5) is 27.1. The maximum Gasteiger partial charge on any atom is 0.327 e. The van der Waals surface area contributed by atoms with Crippen LogP contribution in [0.5, 0.6) is 5.75 Å². The van der Waals surface area contributed by atoms with E-state index in [1.54, 1.807) is 11.0 Å². The van der Waals surface area contributed by atoms with Crippen molar-refractivity contribution in [3.63, 3.8) is 0 Å². The van der Waals surface area contributed by atoms with Crippen LogP contribution < -0.4 is 4.74 Å². The van der Waals surface area contributed by atoms with E-state index in [1.165, 1.54) is 18.2 Å². The first-order chi connectivity index (χ1) is 11.1. The molecule has 2 fully saturated rings. The highest BCUT2D eigenvalue weighted by molar-refractivity contribution is 6.04. The number of hydrogen-bond donors (Lipinski definition) is 1. The molecule has 2 aliphatic rings. The van der Waals surface area contributed by atoms with Crippen LogP contribution in [-0.4, -0.2) is 58.7 Å². The fraction of sp³-hybridized carbons (Fsp3) is 0.500. The second-order valence-corrected chi connectivity index (χ2v) is 5.83. The number of amides is 3. The van der Waals surface area contributed by atoms with E-state index in [1.807, 2.05) is 0 Å². The summed E-state index contributed by atoms with van der Waals surface area (Å²) in [6, 6.07) is 5.12. The summed E-state index contributed by atoms with van der Waals surface area (Å²) in [5.41, 5.74) is 0. The third-order valence-electron chi connectivity index (χ3n) is 4.19. The Balaban J connectivity index is 1.57. The van der Waals surface area contributed by atoms with E-state index in [9.17, 15) is 19.1 Å². The molecule has 1 N–H and O–H groups in total. The van der Waals surface area contributed by atoms with Crippen LogP contribution in [0.4, 0.5) is 9.18 Å². The molecule has 1 aromatic rings. The molecule has 7 heteroatoms. The molecule has 0 aromatic heterocycles. The lowest BCUT2D eigenvalue weighted by atomic mass is 10.0. The Morgan fingerprint density at radius 2 is 2.09 bits per heavy atom. The van der Waals surface area contributed by atoms with Crippen molar-refractivity contribution in [1.82, 2.24) is 9.80 Å². The van der Waals surface area contributed by atoms with Crippen LogP contribution in [0, 0.1) is 5.82 Å². The molecular weight excluding hydrogens is 303 g/mol. The third-order valence-corrected chi connectivity index (χ3v) is 4.19. The number of benzene rings is 1. The Morgan fingerprint density at radius 3 is 2.83 bits per heavy atom. The Bertz CT molecular complexity index is 585. The zero-order valence-electron chi connectivity index (χ0n) is 12.7. The van der Waals surface area contributed by atoms with Crippen molar-refractivity contribution in [2.75, 3.05) is 19.7 Å². The summed E-state index contributed by atoms with van der Waals surface area (Å²) in [5.74, 6) is -0.757. The van der Waals surface area contributed by atoms with Crippen LogP contribution in [0.2, 0.25) is 0 Å². The predicted octanol–water partition coefficient (Wildman–Crippen LogP) is 1.38. The number of piperidine rings is 1. The molecule has 0 spiro atoms. The number of fused-ring (bicyclic) bond motifs is 1. The Hall–Kier alpha value is -2.15. The highest BCUT2D eigenvalue weighted by Crippen LogP contribution is 2.26. The molecule has 2 atom stereocenters. The second kappa shape index (κ2) is 6.54. The number of imide groups is 1. The lowest BCUT2D eigenvalue weighted by Gasteiger charge is -2.26. The van der Waals surface area contributed by atoms with Gasteiger partial charge in [0.1, 0.15) is 18.8 Å². The van der Waals surface area contributed by atoms with Crippen LogP contribution in [0.15, 0.2) is 24.3 Å². The van der Waals surface area contributed by atoms with E-state index in [-0.39, 0.29) is 30.8 Å². The first kappa shape index (κ1) is 15.7. The molecule has 124 valence electrons. The van der Waals surface area contributed by atoms with Crippen molar-refractivity contribution in [1.29, 1.82) is 0 Å². The molecule has 23 heavy (non-hydrogen) atoms. The number of carbonyl (C=O) groups is 2. The smallest absolute Gasteiger partial charge is 0.327 e. The van der Waals surface area contributed by atoms with Crippen molar-refractivity contribution in [2.24, 2.45) is 0 Å². The maximum atomic E-state index is 13.4. The van der Waals surface area contributed by atoms with Gasteiger partial charge in [0.2, 0.25) is 0 Å². The van der Waals surface area contributed by atoms with Gasteiger partial charge in [-0.2, -0.15) is 0 Å². The molecule has 3 amide bonds. The quantitative estimate of drug-likeness (QED) is 0.832. The zero-order valence-corrected chi connectivity index (χ0v) is 12.7. The van der Waals surface area contributed by atoms with Gasteiger partial charge >= 0.3 is 6.03 Å². The van der Waals surface area contributed by atoms with Gasteiger partial charge in [0.15, 0.2) is 11.6 Å². The lowest BCUT2D eigenvalue weighted by Crippen LogP contribution is -2.40. The van der Waals surface area contributed by atoms with Crippen molar-refractivity contribution in [3.8, 4) is 5.75 Å². The molecule has 3 rings (SSSR count). The van der Waals surface area contributed by atoms with E-state index in [0.717, 1.165) is 17.7 Å². The van der Waals surface area contributed by atoms with Crippen LogP contribution in [0.3, 0.4) is 0 Å². The molecule has 1 aromatic carbocycles. The minimum atomic E-state index is -1.07. The minimum Gasteiger partial charge on any atom is -0.488 e. The molecule has 6 nitrogen and oxygen atoms in total. The predicted molar refractivity (Wildman–Crippen MR) is 79.4 cm³/mol. The van der Waals surface area contributed by atoms with Crippen LogP contribution >= 0.6 is 0 Å². The molecule has 2 saturated heterocycles. The minimum absolute atomic E-state index is 0.0306. The summed E-state index contributed by atoms with van der Waals surface area (Å²) in [6.45, 7) is 0.245. The van der Waals surface area contributed by atoms with E-state index in [2.05, 4.69) is 0 Å². The van der Waals surface area contributed by atoms with Crippen LogP contribution in [-0.2, 0) is 4.79 Å². The molecule has 0 bridgehead atoms. The van der Waals surface area contributed by atoms with Gasteiger partial charge in [-0.3, -0.25) is 9.69 Å². The summed E-state index contributed by atoms with van der Waals surface area (Å²) < 4.78 is 18.6. The number of urea groups is 1. The lowest BCUT2D eigenvalue weighted by molar-refractivity contribution is -0.129. The fourth-order valence-corrected chi connectivity index (χ4v) is 3.03. The van der Waals surface area contributed by atoms with Crippen LogP contribution in [0.25, 0.3) is 0 Å². The fourth-order valence-electron chi connectivity index (χ4n) is 3.03. The summed E-state index contributed by atoms with van der Waals surface area (Å²) in [6.07, 6.45) is 1.42. The van der Waals surface area contributed by atoms with Gasteiger partial charge in [0.05, 0.1) is 6.54 Å². The number of ether oxygens (including phenoxy) is 1. The van der Waals surface area contributed by atoms with Gasteiger partial charge in [-0.1, -0.05) is 12.1 Å². The van der Waals surface area contributed by atoms with Gasteiger partial charge in [-0.05, 0) is 31.4 Å². The number of halogens is 1. The summed E-state index contributed by atoms with van der Waals surface area (Å²) >= 11 is 0. The Morgan fingerprint density at radius 1 is 1.30 bits per heavy atom. The zero-order chi connectivity index (χ0) is 16.4. The number of β-amino-alcohol motifs (C(OH)–C–C–N with tert-alkyl or cyclic N) is 1. The number of aliphatic hydroxyl groups is 1. The highest BCUT2D eigenvalue weighted by Gasteiger charge is 2.46. The largest absolute Gasteiger partial charge is 0.488 e. The Labute approximate surface area is 133 Å². The number of rotatable bonds is 5. The average molecular weight is 322 g/mol. The van der Waals surface area contributed by atoms with E-state index in [0.29, 0.717) is 13.0 Å². The van der Waals surface area contributed by atoms with Gasteiger partial charge in [0, 0.05) is 6.54 Å². The highest BCUT2D eigenvalue weighted by atomic mass is 19.1. The standard InChI is InChI=1S/C16H19FN2O4/c17-12-5-1-2-7-14(12)23-10-11(20)9-19-15(21)13-6-3-4-8-18(13)16(19)22/h1-2,5,7,11,13,20H,3-4,6,8-10H2. The van der Waals surface area contributed by atoms with Crippen LogP contribution in [0.1, 0.15) is 19.3 Å². The normalized spacial score (nSPS) is 22.3. The number of para-hydroxylation sites is 1. The first-order valence-electron chi connectivity index (χ1n) is 7.75. The SMILES string of the molecule is O=C1C2CCCCN2C(=O)N1CC(O)COc1ccccc1F. The van der Waals surface area contributed by atoms with Gasteiger partial charge < -0.3 is 14.7 Å². The third kappa shape index (κ3) is 3.14. The van der Waals surface area contributed by atoms with E-state index in [4.69, 9.17) is 4.74 Å². The van der Waals surface area contributed by atoms with E-state index < -0.39 is 18.0 Å². The number of carbonyl (C=O) groups excluding carboxylic acids is 2. The Kier molecular flexibility index (Phi) is 4.47. The number of nitrogens with zero attached hydrogens (tertiary/aromatic N) is 2. The molecule has 0 saturated carbocycles. The number of aliphatic hydroxyl groups excluding tert-OH is 1. The van der Waals surface area contributed by atoms with Crippen molar-refractivity contribution in [3.05, 3.63) is 30.1 Å². The van der Waals surface area contributed by atoms with E-state index >= 15 is 0 Å². The number of hydrogen-bond acceptors (Lipinski definition) is 4. The average Bonchev–Trinajstić information content (AvgIpc) is 2.80. The topological polar surface area (TPSA) is 70.1 Å². The van der Waals surface area contributed by atoms with Crippen molar-refractivity contribution >= 4 is 11.9 Å². The van der Waals surface area contributed by atoms with Crippen molar-refractivity contribution in [2.45, 2.75) is 31.4 Å². The second-order valence-electron chi connectivity index (χ2n) is 5.83. The monoisotopic (exact) mass is 322 g/mol. The maximum absolute atomic E-state index is 13.4. The molecule has 2 aliphatic heterocycles. The summed E-state index contributed by atoms with van der Waals surface area (Å²) in [5, 5.41) is 10.0. The van der Waals surface area contributed by atoms with Gasteiger partial charge in [-0.15, -0.1) is 0 Å². The molecule has 2 heterocycles.